The van der Waals surface area contributed by atoms with Gasteiger partial charge in [-0.25, -0.2) is 8.42 Å². The van der Waals surface area contributed by atoms with E-state index >= 15 is 0 Å². The molecule has 2 N–H and O–H groups in total. The van der Waals surface area contributed by atoms with Crippen LogP contribution in [0.4, 0.5) is 0 Å². The molecule has 28 heavy (non-hydrogen) atoms. The average Bonchev–Trinajstić information content (AvgIpc) is 2.63. The van der Waals surface area contributed by atoms with Crippen LogP contribution in [0.2, 0.25) is 0 Å². The number of nitrogens with one attached hydrogen (secondary N) is 2. The van der Waals surface area contributed by atoms with Gasteiger partial charge in [0.25, 0.3) is 0 Å². The van der Waals surface area contributed by atoms with Crippen LogP contribution in [-0.2, 0) is 21.2 Å². The van der Waals surface area contributed by atoms with Crippen molar-refractivity contribution in [2.75, 3.05) is 6.61 Å². The molecule has 0 unspecified atom stereocenters. The average molecular weight is 405 g/mol. The number of rotatable bonds is 9. The van der Waals surface area contributed by atoms with Gasteiger partial charge in [-0.2, -0.15) is 4.72 Å². The molecule has 6 nitrogen and oxygen atoms in total. The fourth-order valence-corrected chi connectivity index (χ4v) is 4.06. The van der Waals surface area contributed by atoms with Gasteiger partial charge < -0.3 is 10.1 Å². The van der Waals surface area contributed by atoms with E-state index in [4.69, 9.17) is 4.74 Å². The number of hydrogen-bond acceptors (Lipinski definition) is 4. The molecule has 2 aromatic carbocycles. The summed E-state index contributed by atoms with van der Waals surface area (Å²) in [6.07, 6.45) is 0.259. The molecule has 0 aliphatic carbocycles. The van der Waals surface area contributed by atoms with Crippen LogP contribution < -0.4 is 14.8 Å². The molecule has 1 amide bonds. The van der Waals surface area contributed by atoms with E-state index in [2.05, 4.69) is 10.0 Å². The quantitative estimate of drug-likeness (QED) is 0.673. The molecule has 2 rings (SSSR count). The fourth-order valence-electron chi connectivity index (χ4n) is 2.78. The van der Waals surface area contributed by atoms with Gasteiger partial charge in [0.15, 0.2) is 0 Å². The largest absolute Gasteiger partial charge is 0.494 e. The summed E-state index contributed by atoms with van der Waals surface area (Å²) in [7, 11) is -3.88. The first-order chi connectivity index (χ1) is 13.2. The molecule has 152 valence electrons. The number of ether oxygens (including phenoxy) is 1. The van der Waals surface area contributed by atoms with Gasteiger partial charge in [-0.3, -0.25) is 4.79 Å². The first-order valence-electron chi connectivity index (χ1n) is 9.33. The third-order valence-corrected chi connectivity index (χ3v) is 5.55. The minimum absolute atomic E-state index is 0.0944. The topological polar surface area (TPSA) is 84.5 Å². The van der Waals surface area contributed by atoms with Crippen molar-refractivity contribution in [3.8, 4) is 5.75 Å². The van der Waals surface area contributed by atoms with Gasteiger partial charge in [-0.15, -0.1) is 0 Å². The lowest BCUT2D eigenvalue weighted by Gasteiger charge is -2.20. The Bertz CT molecular complexity index is 896. The van der Waals surface area contributed by atoms with Crippen molar-refractivity contribution in [2.45, 2.75) is 51.1 Å². The first kappa shape index (κ1) is 21.9. The highest BCUT2D eigenvalue weighted by atomic mass is 32.2. The van der Waals surface area contributed by atoms with E-state index in [9.17, 15) is 13.2 Å². The predicted molar refractivity (Wildman–Crippen MR) is 110 cm³/mol. The van der Waals surface area contributed by atoms with Crippen LogP contribution >= 0.6 is 0 Å². The van der Waals surface area contributed by atoms with E-state index in [-0.39, 0.29) is 23.3 Å². The predicted octanol–water partition coefficient (Wildman–Crippen LogP) is 2.81. The van der Waals surface area contributed by atoms with Gasteiger partial charge in [0.2, 0.25) is 15.9 Å². The summed E-state index contributed by atoms with van der Waals surface area (Å²) in [6, 6.07) is 13.0. The summed E-state index contributed by atoms with van der Waals surface area (Å²) in [5.41, 5.74) is 1.59. The van der Waals surface area contributed by atoms with Crippen molar-refractivity contribution in [1.82, 2.24) is 10.0 Å². The molecule has 2 aromatic rings. The third kappa shape index (κ3) is 6.07. The van der Waals surface area contributed by atoms with E-state index in [0.29, 0.717) is 12.4 Å². The van der Waals surface area contributed by atoms with Gasteiger partial charge >= 0.3 is 0 Å². The van der Waals surface area contributed by atoms with Crippen LogP contribution in [0, 0.1) is 6.92 Å². The highest BCUT2D eigenvalue weighted by Crippen LogP contribution is 2.22. The molecule has 0 aromatic heterocycles. The lowest BCUT2D eigenvalue weighted by Crippen LogP contribution is -2.49. The summed E-state index contributed by atoms with van der Waals surface area (Å²) in [6.45, 7) is 7.83. The van der Waals surface area contributed by atoms with Crippen LogP contribution in [-0.4, -0.2) is 33.0 Å². The highest BCUT2D eigenvalue weighted by molar-refractivity contribution is 7.89. The molecule has 0 heterocycles. The van der Waals surface area contributed by atoms with Crippen LogP contribution in [0.1, 0.15) is 31.9 Å². The van der Waals surface area contributed by atoms with Crippen molar-refractivity contribution >= 4 is 15.9 Å². The van der Waals surface area contributed by atoms with Crippen molar-refractivity contribution in [2.24, 2.45) is 0 Å². The second kappa shape index (κ2) is 9.71. The Morgan fingerprint density at radius 2 is 1.79 bits per heavy atom. The zero-order chi connectivity index (χ0) is 20.7. The van der Waals surface area contributed by atoms with Crippen molar-refractivity contribution in [3.05, 3.63) is 59.7 Å². The number of aryl methyl sites for hydroxylation is 1. The Morgan fingerprint density at radius 1 is 1.11 bits per heavy atom. The van der Waals surface area contributed by atoms with Crippen molar-refractivity contribution in [3.63, 3.8) is 0 Å². The molecule has 0 radical (unpaired) electrons. The summed E-state index contributed by atoms with van der Waals surface area (Å²) < 4.78 is 33.9. The summed E-state index contributed by atoms with van der Waals surface area (Å²) in [5.74, 6) is 0.282. The SMILES string of the molecule is CCOc1ccc(S(=O)(=O)N[C@@H](Cc2ccccc2)C(=O)NC(C)C)cc1C. The number of carbonyl (C=O) groups excluding carboxylic acids is 1. The second-order valence-corrected chi connectivity index (χ2v) is 8.60. The Balaban J connectivity index is 2.28. The molecular weight excluding hydrogens is 376 g/mol. The Kier molecular flexibility index (Phi) is 7.60. The molecular formula is C21H28N2O4S. The lowest BCUT2D eigenvalue weighted by atomic mass is 10.1. The lowest BCUT2D eigenvalue weighted by molar-refractivity contribution is -0.123. The minimum atomic E-state index is -3.88. The molecule has 0 spiro atoms. The van der Waals surface area contributed by atoms with E-state index < -0.39 is 16.1 Å². The van der Waals surface area contributed by atoms with Crippen molar-refractivity contribution < 1.29 is 17.9 Å². The molecule has 0 saturated carbocycles. The number of hydrogen-bond donors (Lipinski definition) is 2. The molecule has 0 aliphatic rings. The van der Waals surface area contributed by atoms with E-state index in [1.54, 1.807) is 19.1 Å². The second-order valence-electron chi connectivity index (χ2n) is 6.89. The van der Waals surface area contributed by atoms with Crippen LogP contribution in [0.25, 0.3) is 0 Å². The molecule has 7 heteroatoms. The van der Waals surface area contributed by atoms with Crippen molar-refractivity contribution in [1.29, 1.82) is 0 Å². The van der Waals surface area contributed by atoms with Gasteiger partial charge in [-0.05, 0) is 63.4 Å². The van der Waals surface area contributed by atoms with E-state index in [1.807, 2.05) is 51.1 Å². The number of carbonyl (C=O) groups is 1. The molecule has 0 aliphatic heterocycles. The standard InChI is InChI=1S/C21H28N2O4S/c1-5-27-20-12-11-18(13-16(20)4)28(25,26)23-19(21(24)22-15(2)3)14-17-9-7-6-8-10-17/h6-13,15,19,23H,5,14H2,1-4H3,(H,22,24)/t19-/m0/s1. The maximum Gasteiger partial charge on any atom is 0.241 e. The third-order valence-electron chi connectivity index (χ3n) is 4.08. The zero-order valence-corrected chi connectivity index (χ0v) is 17.5. The summed E-state index contributed by atoms with van der Waals surface area (Å²) in [5, 5.41) is 2.79. The normalized spacial score (nSPS) is 12.6. The summed E-state index contributed by atoms with van der Waals surface area (Å²) >= 11 is 0. The maximum atomic E-state index is 12.9. The van der Waals surface area contributed by atoms with Gasteiger partial charge in [-0.1, -0.05) is 30.3 Å². The molecule has 0 saturated heterocycles. The van der Waals surface area contributed by atoms with Crippen LogP contribution in [0.3, 0.4) is 0 Å². The number of amides is 1. The zero-order valence-electron chi connectivity index (χ0n) is 16.7. The highest BCUT2D eigenvalue weighted by Gasteiger charge is 2.26. The van der Waals surface area contributed by atoms with Gasteiger partial charge in [0, 0.05) is 6.04 Å². The van der Waals surface area contributed by atoms with Crippen LogP contribution in [0.5, 0.6) is 5.75 Å². The number of sulfonamides is 1. The summed E-state index contributed by atoms with van der Waals surface area (Å²) in [4.78, 5) is 12.7. The van der Waals surface area contributed by atoms with E-state index in [1.165, 1.54) is 6.07 Å². The Hall–Kier alpha value is -2.38. The Morgan fingerprint density at radius 3 is 2.36 bits per heavy atom. The van der Waals surface area contributed by atoms with E-state index in [0.717, 1.165) is 11.1 Å². The van der Waals surface area contributed by atoms with Gasteiger partial charge in [0.05, 0.1) is 11.5 Å². The maximum absolute atomic E-state index is 12.9. The molecule has 1 atom stereocenters. The smallest absolute Gasteiger partial charge is 0.241 e. The minimum Gasteiger partial charge on any atom is -0.494 e. The monoisotopic (exact) mass is 404 g/mol. The molecule has 0 bridgehead atoms. The van der Waals surface area contributed by atoms with Gasteiger partial charge in [0.1, 0.15) is 11.8 Å². The molecule has 0 fully saturated rings. The first-order valence-corrected chi connectivity index (χ1v) is 10.8. The Labute approximate surface area is 167 Å². The van der Waals surface area contributed by atoms with Crippen LogP contribution in [0.15, 0.2) is 53.4 Å². The number of benzene rings is 2. The fraction of sp³-hybridized carbons (Fsp3) is 0.381.